The number of rotatable bonds is 1. The number of aromatic nitrogens is 3. The molecule has 1 aromatic carbocycles. The van der Waals surface area contributed by atoms with Gasteiger partial charge in [0.15, 0.2) is 0 Å². The van der Waals surface area contributed by atoms with Gasteiger partial charge >= 0.3 is 6.18 Å². The maximum atomic E-state index is 13.3. The van der Waals surface area contributed by atoms with Crippen LogP contribution in [0.4, 0.5) is 23.5 Å². The smallest absolute Gasteiger partial charge is 0.354 e. The molecule has 2 heterocycles. The lowest BCUT2D eigenvalue weighted by atomic mass is 10.0. The highest BCUT2D eigenvalue weighted by molar-refractivity contribution is 5.33. The first-order valence-electron chi connectivity index (χ1n) is 5.98. The van der Waals surface area contributed by atoms with Crippen molar-refractivity contribution in [2.24, 2.45) is 0 Å². The number of alkyl halides is 3. The van der Waals surface area contributed by atoms with Gasteiger partial charge in [0.1, 0.15) is 5.82 Å². The maximum absolute atomic E-state index is 13.3. The molecular weight excluding hydrogens is 276 g/mol. The van der Waals surface area contributed by atoms with Gasteiger partial charge in [-0.15, -0.1) is 5.10 Å². The molecule has 0 radical (unpaired) electrons. The van der Waals surface area contributed by atoms with E-state index in [0.29, 0.717) is 18.5 Å². The van der Waals surface area contributed by atoms with Crippen LogP contribution >= 0.6 is 0 Å². The number of anilines is 1. The third-order valence-electron chi connectivity index (χ3n) is 3.11. The highest BCUT2D eigenvalue weighted by Crippen LogP contribution is 2.33. The molecule has 1 N–H and O–H groups in total. The van der Waals surface area contributed by atoms with Crippen LogP contribution in [0.3, 0.4) is 0 Å². The van der Waals surface area contributed by atoms with Gasteiger partial charge in [0.25, 0.3) is 5.82 Å². The lowest BCUT2D eigenvalue weighted by molar-refractivity contribution is -0.145. The fourth-order valence-corrected chi connectivity index (χ4v) is 2.25. The van der Waals surface area contributed by atoms with Crippen molar-refractivity contribution in [1.82, 2.24) is 14.8 Å². The summed E-state index contributed by atoms with van der Waals surface area (Å²) in [6, 6.07) is 5.32. The summed E-state index contributed by atoms with van der Waals surface area (Å²) in [5.74, 6) is -1.57. The van der Waals surface area contributed by atoms with Crippen LogP contribution in [0.1, 0.15) is 23.9 Å². The molecule has 0 aliphatic carbocycles. The highest BCUT2D eigenvalue weighted by atomic mass is 19.4. The molecule has 0 spiro atoms. The van der Waals surface area contributed by atoms with Crippen LogP contribution in [0.5, 0.6) is 0 Å². The molecule has 0 amide bonds. The molecular formula is C12H10F4N4. The monoisotopic (exact) mass is 286 g/mol. The van der Waals surface area contributed by atoms with Crippen LogP contribution in [0.15, 0.2) is 24.3 Å². The number of hydrogen-bond acceptors (Lipinski definition) is 3. The Morgan fingerprint density at radius 2 is 2.10 bits per heavy atom. The van der Waals surface area contributed by atoms with Gasteiger partial charge in [0.2, 0.25) is 5.95 Å². The predicted octanol–water partition coefficient (Wildman–Crippen LogP) is 2.84. The van der Waals surface area contributed by atoms with Gasteiger partial charge in [-0.2, -0.15) is 18.2 Å². The Labute approximate surface area is 111 Å². The molecule has 4 nitrogen and oxygen atoms in total. The number of halogens is 4. The average Bonchev–Trinajstić information content (AvgIpc) is 2.82. The molecule has 0 saturated carbocycles. The van der Waals surface area contributed by atoms with Crippen molar-refractivity contribution >= 4 is 5.95 Å². The number of benzene rings is 1. The zero-order chi connectivity index (χ0) is 14.3. The first kappa shape index (κ1) is 12.9. The van der Waals surface area contributed by atoms with Crippen LogP contribution in [0, 0.1) is 5.82 Å². The average molecular weight is 286 g/mol. The van der Waals surface area contributed by atoms with Crippen LogP contribution in [-0.2, 0) is 6.18 Å². The van der Waals surface area contributed by atoms with E-state index in [-0.39, 0.29) is 5.95 Å². The Bertz CT molecular complexity index is 635. The Kier molecular flexibility index (Phi) is 2.88. The molecule has 0 saturated heterocycles. The maximum Gasteiger partial charge on any atom is 0.453 e. The van der Waals surface area contributed by atoms with Crippen LogP contribution in [0.2, 0.25) is 0 Å². The summed E-state index contributed by atoms with van der Waals surface area (Å²) < 4.78 is 52.3. The van der Waals surface area contributed by atoms with E-state index < -0.39 is 23.9 Å². The molecule has 1 unspecified atom stereocenters. The summed E-state index contributed by atoms with van der Waals surface area (Å²) in [4.78, 5) is 3.44. The summed E-state index contributed by atoms with van der Waals surface area (Å²) >= 11 is 0. The van der Waals surface area contributed by atoms with E-state index in [2.05, 4.69) is 15.4 Å². The molecule has 8 heteroatoms. The summed E-state index contributed by atoms with van der Waals surface area (Å²) in [5.41, 5.74) is 0.575. The van der Waals surface area contributed by atoms with Gasteiger partial charge in [-0.25, -0.2) is 9.07 Å². The zero-order valence-electron chi connectivity index (χ0n) is 10.2. The van der Waals surface area contributed by atoms with Gasteiger partial charge in [-0.05, 0) is 24.1 Å². The Balaban J connectivity index is 2.04. The molecule has 0 bridgehead atoms. The molecule has 1 aliphatic rings. The van der Waals surface area contributed by atoms with E-state index in [0.717, 1.165) is 0 Å². The van der Waals surface area contributed by atoms with Crippen LogP contribution in [0.25, 0.3) is 0 Å². The standard InChI is InChI=1S/C12H10F4N4/c13-8-3-1-2-7(6-8)9-4-5-17-11-18-10(12(14,15)16)19-20(9)11/h1-3,6,9H,4-5H2,(H,17,18,19). The summed E-state index contributed by atoms with van der Waals surface area (Å²) in [6.07, 6.45) is -4.09. The van der Waals surface area contributed by atoms with Crippen molar-refractivity contribution in [3.63, 3.8) is 0 Å². The van der Waals surface area contributed by atoms with Crippen molar-refractivity contribution in [3.05, 3.63) is 41.5 Å². The van der Waals surface area contributed by atoms with E-state index in [9.17, 15) is 17.6 Å². The number of nitrogens with zero attached hydrogens (tertiary/aromatic N) is 3. The second kappa shape index (κ2) is 4.46. The normalized spacial score (nSPS) is 18.5. The largest absolute Gasteiger partial charge is 0.453 e. The molecule has 3 rings (SSSR count). The van der Waals surface area contributed by atoms with Crippen molar-refractivity contribution in [2.75, 3.05) is 11.9 Å². The van der Waals surface area contributed by atoms with Crippen LogP contribution < -0.4 is 5.32 Å². The minimum absolute atomic E-state index is 0.0536. The molecule has 1 aliphatic heterocycles. The summed E-state index contributed by atoms with van der Waals surface area (Å²) in [5, 5.41) is 6.27. The van der Waals surface area contributed by atoms with Crippen molar-refractivity contribution in [3.8, 4) is 0 Å². The number of nitrogens with one attached hydrogen (secondary N) is 1. The van der Waals surface area contributed by atoms with Crippen molar-refractivity contribution < 1.29 is 17.6 Å². The third-order valence-corrected chi connectivity index (χ3v) is 3.11. The van der Waals surface area contributed by atoms with Crippen LogP contribution in [-0.4, -0.2) is 21.3 Å². The molecule has 1 aromatic heterocycles. The quantitative estimate of drug-likeness (QED) is 0.820. The van der Waals surface area contributed by atoms with E-state index >= 15 is 0 Å². The minimum atomic E-state index is -4.60. The third kappa shape index (κ3) is 2.21. The van der Waals surface area contributed by atoms with Crippen molar-refractivity contribution in [2.45, 2.75) is 18.6 Å². The van der Waals surface area contributed by atoms with Gasteiger partial charge in [-0.3, -0.25) is 0 Å². The lowest BCUT2D eigenvalue weighted by Gasteiger charge is -2.24. The fraction of sp³-hybridized carbons (Fsp3) is 0.333. The Hall–Kier alpha value is -2.12. The summed E-state index contributed by atoms with van der Waals surface area (Å²) in [7, 11) is 0. The fourth-order valence-electron chi connectivity index (χ4n) is 2.25. The number of hydrogen-bond donors (Lipinski definition) is 1. The highest BCUT2D eigenvalue weighted by Gasteiger charge is 2.38. The first-order valence-corrected chi connectivity index (χ1v) is 5.98. The minimum Gasteiger partial charge on any atom is -0.354 e. The van der Waals surface area contributed by atoms with Gasteiger partial charge in [0, 0.05) is 6.54 Å². The molecule has 20 heavy (non-hydrogen) atoms. The molecule has 106 valence electrons. The predicted molar refractivity (Wildman–Crippen MR) is 62.7 cm³/mol. The van der Waals surface area contributed by atoms with E-state index in [1.165, 1.54) is 22.9 Å². The molecule has 0 fully saturated rings. The zero-order valence-corrected chi connectivity index (χ0v) is 10.2. The summed E-state index contributed by atoms with van der Waals surface area (Å²) in [6.45, 7) is 0.456. The SMILES string of the molecule is Fc1cccc(C2CCNc3nc(C(F)(F)F)nn32)c1. The van der Waals surface area contributed by atoms with E-state index in [4.69, 9.17) is 0 Å². The van der Waals surface area contributed by atoms with Crippen molar-refractivity contribution in [1.29, 1.82) is 0 Å². The van der Waals surface area contributed by atoms with E-state index in [1.807, 2.05) is 0 Å². The second-order valence-electron chi connectivity index (χ2n) is 4.49. The number of fused-ring (bicyclic) bond motifs is 1. The molecule has 1 atom stereocenters. The Morgan fingerprint density at radius 3 is 2.80 bits per heavy atom. The van der Waals surface area contributed by atoms with E-state index in [1.54, 1.807) is 6.07 Å². The van der Waals surface area contributed by atoms with Gasteiger partial charge < -0.3 is 5.32 Å². The topological polar surface area (TPSA) is 42.7 Å². The first-order chi connectivity index (χ1) is 9.45. The van der Waals surface area contributed by atoms with Gasteiger partial charge in [0.05, 0.1) is 6.04 Å². The second-order valence-corrected chi connectivity index (χ2v) is 4.49. The molecule has 2 aromatic rings. The van der Waals surface area contributed by atoms with Gasteiger partial charge in [-0.1, -0.05) is 12.1 Å². The Morgan fingerprint density at radius 1 is 1.30 bits per heavy atom. The lowest BCUT2D eigenvalue weighted by Crippen LogP contribution is -2.24.